The molecule has 1 aliphatic rings. The number of hydrogen-bond donors (Lipinski definition) is 1. The van der Waals surface area contributed by atoms with E-state index in [9.17, 15) is 9.90 Å². The molecule has 2 unspecified atom stereocenters. The average Bonchev–Trinajstić information content (AvgIpc) is 2.35. The lowest BCUT2D eigenvalue weighted by molar-refractivity contribution is 0.0696. The van der Waals surface area contributed by atoms with E-state index in [0.717, 1.165) is 18.8 Å². The Balaban J connectivity index is 2.30. The predicted octanol–water partition coefficient (Wildman–Crippen LogP) is 1.31. The van der Waals surface area contributed by atoms with Gasteiger partial charge in [-0.15, -0.1) is 0 Å². The van der Waals surface area contributed by atoms with Crippen molar-refractivity contribution in [1.82, 2.24) is 9.88 Å². The highest BCUT2D eigenvalue weighted by molar-refractivity contribution is 5.94. The molecule has 0 spiro atoms. The van der Waals surface area contributed by atoms with E-state index >= 15 is 0 Å². The van der Waals surface area contributed by atoms with Crippen molar-refractivity contribution in [2.24, 2.45) is 0 Å². The standard InChI is InChI=1S/C13H19N3O2/c1-9-7-16(8-10(2)15(9)3)12-6-14-5-4-11(12)13(17)18/h4-6,9-10H,7-8H2,1-3H3,(H,17,18). The predicted molar refractivity (Wildman–Crippen MR) is 70.1 cm³/mol. The molecule has 2 heterocycles. The Labute approximate surface area is 107 Å². The van der Waals surface area contributed by atoms with Gasteiger partial charge in [0.2, 0.25) is 0 Å². The van der Waals surface area contributed by atoms with Gasteiger partial charge in [-0.25, -0.2) is 4.79 Å². The third-order valence-corrected chi connectivity index (χ3v) is 3.73. The molecule has 0 aliphatic carbocycles. The molecule has 1 saturated heterocycles. The van der Waals surface area contributed by atoms with Gasteiger partial charge < -0.3 is 10.0 Å². The molecule has 1 fully saturated rings. The molecule has 1 N–H and O–H groups in total. The number of likely N-dealkylation sites (N-methyl/N-ethyl adjacent to an activating group) is 1. The molecule has 1 aliphatic heterocycles. The summed E-state index contributed by atoms with van der Waals surface area (Å²) in [4.78, 5) is 19.7. The first-order valence-corrected chi connectivity index (χ1v) is 6.15. The summed E-state index contributed by atoms with van der Waals surface area (Å²) < 4.78 is 0. The van der Waals surface area contributed by atoms with Crippen molar-refractivity contribution in [1.29, 1.82) is 0 Å². The molecule has 0 saturated carbocycles. The van der Waals surface area contributed by atoms with Crippen molar-refractivity contribution < 1.29 is 9.90 Å². The highest BCUT2D eigenvalue weighted by Gasteiger charge is 2.28. The van der Waals surface area contributed by atoms with Crippen molar-refractivity contribution >= 4 is 11.7 Å². The van der Waals surface area contributed by atoms with E-state index in [2.05, 4.69) is 35.7 Å². The van der Waals surface area contributed by atoms with Crippen LogP contribution in [0.5, 0.6) is 0 Å². The number of carboxylic acids is 1. The summed E-state index contributed by atoms with van der Waals surface area (Å²) >= 11 is 0. The SMILES string of the molecule is CC1CN(c2cnccc2C(=O)O)CC(C)N1C. The summed E-state index contributed by atoms with van der Waals surface area (Å²) in [7, 11) is 2.11. The van der Waals surface area contributed by atoms with Crippen LogP contribution in [0, 0.1) is 0 Å². The zero-order chi connectivity index (χ0) is 13.3. The fourth-order valence-corrected chi connectivity index (χ4v) is 2.42. The number of pyridine rings is 1. The zero-order valence-corrected chi connectivity index (χ0v) is 11.0. The normalized spacial score (nSPS) is 25.2. The Kier molecular flexibility index (Phi) is 3.52. The number of anilines is 1. The zero-order valence-electron chi connectivity index (χ0n) is 11.0. The van der Waals surface area contributed by atoms with Crippen LogP contribution in [0.15, 0.2) is 18.5 Å². The van der Waals surface area contributed by atoms with Crippen molar-refractivity contribution in [2.75, 3.05) is 25.0 Å². The Morgan fingerprint density at radius 3 is 2.56 bits per heavy atom. The molecule has 0 aromatic carbocycles. The van der Waals surface area contributed by atoms with Gasteiger partial charge in [0.25, 0.3) is 0 Å². The van der Waals surface area contributed by atoms with Crippen LogP contribution in [0.4, 0.5) is 5.69 Å². The highest BCUT2D eigenvalue weighted by Crippen LogP contribution is 2.24. The molecule has 1 aromatic rings. The maximum Gasteiger partial charge on any atom is 0.337 e. The summed E-state index contributed by atoms with van der Waals surface area (Å²) in [5, 5.41) is 9.22. The number of carboxylic acid groups (broad SMARTS) is 1. The van der Waals surface area contributed by atoms with Gasteiger partial charge in [0, 0.05) is 31.4 Å². The van der Waals surface area contributed by atoms with E-state index in [1.807, 2.05) is 0 Å². The Morgan fingerprint density at radius 1 is 1.39 bits per heavy atom. The number of carbonyl (C=O) groups is 1. The minimum atomic E-state index is -0.897. The first-order chi connectivity index (χ1) is 8.50. The van der Waals surface area contributed by atoms with E-state index < -0.39 is 5.97 Å². The topological polar surface area (TPSA) is 56.7 Å². The fraction of sp³-hybridized carbons (Fsp3) is 0.538. The van der Waals surface area contributed by atoms with Gasteiger partial charge in [0.15, 0.2) is 0 Å². The molecule has 0 radical (unpaired) electrons. The van der Waals surface area contributed by atoms with Crippen LogP contribution >= 0.6 is 0 Å². The molecule has 18 heavy (non-hydrogen) atoms. The number of aromatic carboxylic acids is 1. The molecule has 1 aromatic heterocycles. The van der Waals surface area contributed by atoms with Gasteiger partial charge in [-0.1, -0.05) is 0 Å². The second kappa shape index (κ2) is 4.94. The number of nitrogens with zero attached hydrogens (tertiary/aromatic N) is 3. The van der Waals surface area contributed by atoms with E-state index in [1.54, 1.807) is 12.3 Å². The van der Waals surface area contributed by atoms with Crippen LogP contribution < -0.4 is 4.90 Å². The summed E-state index contributed by atoms with van der Waals surface area (Å²) in [6.45, 7) is 5.96. The van der Waals surface area contributed by atoms with E-state index in [0.29, 0.717) is 17.6 Å². The minimum absolute atomic E-state index is 0.328. The average molecular weight is 249 g/mol. The third-order valence-electron chi connectivity index (χ3n) is 3.73. The van der Waals surface area contributed by atoms with Crippen molar-refractivity contribution in [3.05, 3.63) is 24.0 Å². The van der Waals surface area contributed by atoms with Gasteiger partial charge in [0.05, 0.1) is 17.4 Å². The van der Waals surface area contributed by atoms with Gasteiger partial charge in [-0.05, 0) is 27.0 Å². The van der Waals surface area contributed by atoms with E-state index in [1.165, 1.54) is 6.20 Å². The van der Waals surface area contributed by atoms with Crippen LogP contribution in [0.3, 0.4) is 0 Å². The van der Waals surface area contributed by atoms with Crippen molar-refractivity contribution in [3.8, 4) is 0 Å². The number of hydrogen-bond acceptors (Lipinski definition) is 4. The molecular weight excluding hydrogens is 230 g/mol. The highest BCUT2D eigenvalue weighted by atomic mass is 16.4. The molecule has 0 bridgehead atoms. The lowest BCUT2D eigenvalue weighted by Gasteiger charge is -2.43. The maximum absolute atomic E-state index is 11.2. The molecule has 0 amide bonds. The van der Waals surface area contributed by atoms with Crippen LogP contribution in [0.2, 0.25) is 0 Å². The number of rotatable bonds is 2. The van der Waals surface area contributed by atoms with Crippen LogP contribution in [0.1, 0.15) is 24.2 Å². The van der Waals surface area contributed by atoms with Crippen LogP contribution in [0.25, 0.3) is 0 Å². The molecular formula is C13H19N3O2. The molecule has 2 atom stereocenters. The Morgan fingerprint density at radius 2 is 2.00 bits per heavy atom. The lowest BCUT2D eigenvalue weighted by atomic mass is 10.1. The summed E-state index contributed by atoms with van der Waals surface area (Å²) in [6, 6.07) is 2.36. The van der Waals surface area contributed by atoms with Gasteiger partial charge in [-0.2, -0.15) is 0 Å². The fourth-order valence-electron chi connectivity index (χ4n) is 2.42. The molecule has 98 valence electrons. The molecule has 5 nitrogen and oxygen atoms in total. The lowest BCUT2D eigenvalue weighted by Crippen LogP contribution is -2.55. The smallest absolute Gasteiger partial charge is 0.337 e. The maximum atomic E-state index is 11.2. The monoisotopic (exact) mass is 249 g/mol. The van der Waals surface area contributed by atoms with E-state index in [-0.39, 0.29) is 0 Å². The van der Waals surface area contributed by atoms with Gasteiger partial charge >= 0.3 is 5.97 Å². The quantitative estimate of drug-likeness (QED) is 0.856. The van der Waals surface area contributed by atoms with Gasteiger partial charge in [-0.3, -0.25) is 9.88 Å². The van der Waals surface area contributed by atoms with Crippen LogP contribution in [-0.4, -0.2) is 53.2 Å². The first kappa shape index (κ1) is 12.8. The van der Waals surface area contributed by atoms with E-state index in [4.69, 9.17) is 0 Å². The van der Waals surface area contributed by atoms with Gasteiger partial charge in [0.1, 0.15) is 0 Å². The Bertz CT molecular complexity index is 438. The number of piperazine rings is 1. The summed E-state index contributed by atoms with van der Waals surface area (Å²) in [6.07, 6.45) is 3.17. The minimum Gasteiger partial charge on any atom is -0.478 e. The van der Waals surface area contributed by atoms with Crippen molar-refractivity contribution in [2.45, 2.75) is 25.9 Å². The molecule has 5 heteroatoms. The summed E-state index contributed by atoms with van der Waals surface area (Å²) in [5.41, 5.74) is 1.05. The first-order valence-electron chi connectivity index (χ1n) is 6.15. The third kappa shape index (κ3) is 2.31. The molecule has 2 rings (SSSR count). The largest absolute Gasteiger partial charge is 0.478 e. The van der Waals surface area contributed by atoms with Crippen molar-refractivity contribution in [3.63, 3.8) is 0 Å². The number of aromatic nitrogens is 1. The second-order valence-corrected chi connectivity index (χ2v) is 4.97. The Hall–Kier alpha value is -1.62. The second-order valence-electron chi connectivity index (χ2n) is 4.97. The van der Waals surface area contributed by atoms with Crippen LogP contribution in [-0.2, 0) is 0 Å². The summed E-state index contributed by atoms with van der Waals surface area (Å²) in [5.74, 6) is -0.897.